The van der Waals surface area contributed by atoms with Gasteiger partial charge in [0.1, 0.15) is 12.1 Å². The van der Waals surface area contributed by atoms with Gasteiger partial charge in [0.25, 0.3) is 0 Å². The molecule has 4 nitrogen and oxygen atoms in total. The number of piperazine rings is 1. The Balaban J connectivity index is 2.14. The molecular formula is C12H20N2O2. The Morgan fingerprint density at radius 1 is 1.12 bits per heavy atom. The third kappa shape index (κ3) is 1.93. The summed E-state index contributed by atoms with van der Waals surface area (Å²) >= 11 is 0. The standard InChI is InChI=1S/C12H20N2O2/c1-8-12(16)14(9(2)11(15)13-8)10-6-4-3-5-7-10/h8-10H,3-7H2,1-2H3,(H,13,15). The van der Waals surface area contributed by atoms with Crippen molar-refractivity contribution in [3.05, 3.63) is 0 Å². The predicted octanol–water partition coefficient (Wildman–Crippen LogP) is 1.05. The zero-order valence-corrected chi connectivity index (χ0v) is 10.0. The minimum Gasteiger partial charge on any atom is -0.343 e. The number of hydrogen-bond acceptors (Lipinski definition) is 2. The average molecular weight is 224 g/mol. The van der Waals surface area contributed by atoms with Crippen molar-refractivity contribution < 1.29 is 9.59 Å². The molecule has 16 heavy (non-hydrogen) atoms. The second kappa shape index (κ2) is 4.44. The molecule has 2 unspecified atom stereocenters. The SMILES string of the molecule is CC1NC(=O)C(C)N(C2CCCCC2)C1=O. The molecule has 0 spiro atoms. The number of hydrogen-bond donors (Lipinski definition) is 1. The van der Waals surface area contributed by atoms with Crippen molar-refractivity contribution in [3.63, 3.8) is 0 Å². The van der Waals surface area contributed by atoms with E-state index in [1.54, 1.807) is 6.92 Å². The number of nitrogens with one attached hydrogen (secondary N) is 1. The molecule has 2 aliphatic rings. The molecule has 0 radical (unpaired) electrons. The highest BCUT2D eigenvalue weighted by Crippen LogP contribution is 2.26. The van der Waals surface area contributed by atoms with E-state index < -0.39 is 0 Å². The van der Waals surface area contributed by atoms with Gasteiger partial charge in [0.05, 0.1) is 0 Å². The van der Waals surface area contributed by atoms with Gasteiger partial charge in [-0.15, -0.1) is 0 Å². The van der Waals surface area contributed by atoms with E-state index in [1.165, 1.54) is 19.3 Å². The molecule has 0 aromatic heterocycles. The van der Waals surface area contributed by atoms with Crippen molar-refractivity contribution >= 4 is 11.8 Å². The van der Waals surface area contributed by atoms with Crippen LogP contribution in [0.2, 0.25) is 0 Å². The van der Waals surface area contributed by atoms with Gasteiger partial charge in [-0.25, -0.2) is 0 Å². The van der Waals surface area contributed by atoms with E-state index in [9.17, 15) is 9.59 Å². The fourth-order valence-electron chi connectivity index (χ4n) is 2.79. The van der Waals surface area contributed by atoms with Gasteiger partial charge in [-0.2, -0.15) is 0 Å². The normalized spacial score (nSPS) is 32.8. The van der Waals surface area contributed by atoms with Crippen LogP contribution in [0.5, 0.6) is 0 Å². The third-order valence-corrected chi connectivity index (χ3v) is 3.75. The lowest BCUT2D eigenvalue weighted by Gasteiger charge is -2.42. The van der Waals surface area contributed by atoms with Crippen LogP contribution in [0, 0.1) is 0 Å². The Hall–Kier alpha value is -1.06. The van der Waals surface area contributed by atoms with E-state index in [2.05, 4.69) is 5.32 Å². The van der Waals surface area contributed by atoms with Crippen LogP contribution in [0.4, 0.5) is 0 Å². The highest BCUT2D eigenvalue weighted by molar-refractivity contribution is 5.96. The largest absolute Gasteiger partial charge is 0.343 e. The number of carbonyl (C=O) groups excluding carboxylic acids is 2. The first-order valence-corrected chi connectivity index (χ1v) is 6.24. The zero-order chi connectivity index (χ0) is 11.7. The molecule has 2 fully saturated rings. The van der Waals surface area contributed by atoms with Crippen LogP contribution in [0.1, 0.15) is 46.0 Å². The van der Waals surface area contributed by atoms with Gasteiger partial charge in [-0.05, 0) is 26.7 Å². The van der Waals surface area contributed by atoms with E-state index >= 15 is 0 Å². The fraction of sp³-hybridized carbons (Fsp3) is 0.833. The monoisotopic (exact) mass is 224 g/mol. The van der Waals surface area contributed by atoms with Crippen LogP contribution in [0.15, 0.2) is 0 Å². The highest BCUT2D eigenvalue weighted by atomic mass is 16.2. The van der Waals surface area contributed by atoms with Crippen LogP contribution in [-0.2, 0) is 9.59 Å². The van der Waals surface area contributed by atoms with Crippen LogP contribution in [0.25, 0.3) is 0 Å². The summed E-state index contributed by atoms with van der Waals surface area (Å²) in [4.78, 5) is 25.6. The average Bonchev–Trinajstić information content (AvgIpc) is 2.28. The van der Waals surface area contributed by atoms with E-state index in [0.717, 1.165) is 12.8 Å². The van der Waals surface area contributed by atoms with Crippen molar-refractivity contribution in [3.8, 4) is 0 Å². The minimum atomic E-state index is -0.356. The third-order valence-electron chi connectivity index (χ3n) is 3.75. The van der Waals surface area contributed by atoms with E-state index in [0.29, 0.717) is 0 Å². The summed E-state index contributed by atoms with van der Waals surface area (Å²) in [7, 11) is 0. The Labute approximate surface area is 96.4 Å². The summed E-state index contributed by atoms with van der Waals surface area (Å²) < 4.78 is 0. The van der Waals surface area contributed by atoms with E-state index in [4.69, 9.17) is 0 Å². The smallest absolute Gasteiger partial charge is 0.245 e. The molecule has 2 rings (SSSR count). The lowest BCUT2D eigenvalue weighted by Crippen LogP contribution is -2.64. The van der Waals surface area contributed by atoms with Gasteiger partial charge >= 0.3 is 0 Å². The summed E-state index contributed by atoms with van der Waals surface area (Å²) in [6.07, 6.45) is 5.72. The van der Waals surface area contributed by atoms with Crippen LogP contribution in [0.3, 0.4) is 0 Å². The molecule has 4 heteroatoms. The van der Waals surface area contributed by atoms with E-state index in [-0.39, 0.29) is 29.9 Å². The van der Waals surface area contributed by atoms with Crippen molar-refractivity contribution in [2.75, 3.05) is 0 Å². The van der Waals surface area contributed by atoms with Gasteiger partial charge in [0.15, 0.2) is 0 Å². The Kier molecular flexibility index (Phi) is 3.17. The van der Waals surface area contributed by atoms with Gasteiger partial charge in [0, 0.05) is 6.04 Å². The maximum absolute atomic E-state index is 12.1. The number of carbonyl (C=O) groups is 2. The molecule has 1 saturated heterocycles. The summed E-state index contributed by atoms with van der Waals surface area (Å²) in [6, 6.07) is -0.373. The molecule has 2 atom stereocenters. The second-order valence-electron chi connectivity index (χ2n) is 4.94. The number of rotatable bonds is 1. The highest BCUT2D eigenvalue weighted by Gasteiger charge is 2.39. The van der Waals surface area contributed by atoms with Crippen molar-refractivity contribution in [2.24, 2.45) is 0 Å². The molecule has 0 bridgehead atoms. The quantitative estimate of drug-likeness (QED) is 0.724. The number of nitrogens with zero attached hydrogens (tertiary/aromatic N) is 1. The molecule has 2 amide bonds. The summed E-state index contributed by atoms with van der Waals surface area (Å²) in [5, 5.41) is 2.72. The summed E-state index contributed by atoms with van der Waals surface area (Å²) in [5.41, 5.74) is 0. The van der Waals surface area contributed by atoms with Crippen molar-refractivity contribution in [1.82, 2.24) is 10.2 Å². The lowest BCUT2D eigenvalue weighted by molar-refractivity contribution is -0.151. The zero-order valence-electron chi connectivity index (χ0n) is 10.0. The lowest BCUT2D eigenvalue weighted by atomic mass is 9.92. The Morgan fingerprint density at radius 2 is 1.75 bits per heavy atom. The molecule has 0 aromatic rings. The predicted molar refractivity (Wildman–Crippen MR) is 60.8 cm³/mol. The van der Waals surface area contributed by atoms with Gasteiger partial charge in [0.2, 0.25) is 11.8 Å². The van der Waals surface area contributed by atoms with E-state index in [1.807, 2.05) is 11.8 Å². The van der Waals surface area contributed by atoms with Crippen molar-refractivity contribution in [1.29, 1.82) is 0 Å². The van der Waals surface area contributed by atoms with Gasteiger partial charge < -0.3 is 10.2 Å². The molecule has 1 saturated carbocycles. The topological polar surface area (TPSA) is 49.4 Å². The van der Waals surface area contributed by atoms with Crippen molar-refractivity contribution in [2.45, 2.75) is 64.1 Å². The molecule has 1 N–H and O–H groups in total. The Morgan fingerprint density at radius 3 is 2.38 bits per heavy atom. The van der Waals surface area contributed by atoms with Gasteiger partial charge in [-0.3, -0.25) is 9.59 Å². The molecule has 1 heterocycles. The minimum absolute atomic E-state index is 0.0160. The first-order chi connectivity index (χ1) is 7.61. The second-order valence-corrected chi connectivity index (χ2v) is 4.94. The van der Waals surface area contributed by atoms with Crippen LogP contribution >= 0.6 is 0 Å². The Bertz CT molecular complexity index is 297. The maximum Gasteiger partial charge on any atom is 0.245 e. The summed E-state index contributed by atoms with van der Waals surface area (Å²) in [5.74, 6) is 0.0664. The first-order valence-electron chi connectivity index (χ1n) is 6.24. The first kappa shape index (κ1) is 11.4. The summed E-state index contributed by atoms with van der Waals surface area (Å²) in [6.45, 7) is 3.59. The van der Waals surface area contributed by atoms with Crippen LogP contribution in [-0.4, -0.2) is 34.8 Å². The van der Waals surface area contributed by atoms with Crippen LogP contribution < -0.4 is 5.32 Å². The maximum atomic E-state index is 12.1. The molecule has 1 aliphatic heterocycles. The fourth-order valence-corrected chi connectivity index (χ4v) is 2.79. The molecule has 0 aromatic carbocycles. The van der Waals surface area contributed by atoms with Gasteiger partial charge in [-0.1, -0.05) is 19.3 Å². The molecular weight excluding hydrogens is 204 g/mol. The molecule has 1 aliphatic carbocycles. The molecule has 90 valence electrons. The number of amides is 2.